The van der Waals surface area contributed by atoms with Crippen LogP contribution >= 0.6 is 0 Å². The molecule has 2 rings (SSSR count). The number of aromatic amines is 1. The molecular weight excluding hydrogens is 288 g/mol. The van der Waals surface area contributed by atoms with Crippen LogP contribution in [0, 0.1) is 0 Å². The van der Waals surface area contributed by atoms with E-state index in [1.807, 2.05) is 0 Å². The van der Waals surface area contributed by atoms with Gasteiger partial charge in [-0.2, -0.15) is 31.4 Å². The van der Waals surface area contributed by atoms with E-state index in [0.717, 1.165) is 19.3 Å². The minimum Gasteiger partial charge on any atom is -0.263 e. The van der Waals surface area contributed by atoms with Crippen LogP contribution < -0.4 is 0 Å². The summed E-state index contributed by atoms with van der Waals surface area (Å²) >= 11 is 0. The molecule has 114 valence electrons. The first-order valence-corrected chi connectivity index (χ1v) is 6.25. The van der Waals surface area contributed by atoms with Gasteiger partial charge in [0.15, 0.2) is 5.82 Å². The number of halogens is 6. The fraction of sp³-hybridized carbons (Fsp3) is 0.818. The van der Waals surface area contributed by atoms with Crippen molar-refractivity contribution in [1.29, 1.82) is 0 Å². The molecule has 0 saturated heterocycles. The largest absolute Gasteiger partial charge is 0.407 e. The summed E-state index contributed by atoms with van der Waals surface area (Å²) in [5.74, 6) is -4.89. The Hall–Kier alpha value is -1.28. The molecule has 1 aliphatic carbocycles. The molecule has 1 saturated carbocycles. The predicted octanol–water partition coefficient (Wildman–Crippen LogP) is 4.06. The van der Waals surface area contributed by atoms with Gasteiger partial charge in [-0.25, -0.2) is 4.98 Å². The first kappa shape index (κ1) is 15.1. The van der Waals surface area contributed by atoms with E-state index in [2.05, 4.69) is 15.2 Å². The molecule has 1 heterocycles. The van der Waals surface area contributed by atoms with Gasteiger partial charge in [0.25, 0.3) is 0 Å². The number of H-pyrrole nitrogens is 1. The van der Waals surface area contributed by atoms with Gasteiger partial charge in [-0.15, -0.1) is 0 Å². The maximum atomic E-state index is 12.5. The predicted molar refractivity (Wildman–Crippen MR) is 57.1 cm³/mol. The number of hydrogen-bond acceptors (Lipinski definition) is 2. The van der Waals surface area contributed by atoms with E-state index in [0.29, 0.717) is 12.8 Å². The van der Waals surface area contributed by atoms with Crippen molar-refractivity contribution in [2.24, 2.45) is 0 Å². The lowest BCUT2D eigenvalue weighted by Gasteiger charge is -2.20. The van der Waals surface area contributed by atoms with Crippen LogP contribution in [0.5, 0.6) is 0 Å². The molecule has 0 aliphatic heterocycles. The van der Waals surface area contributed by atoms with Crippen molar-refractivity contribution in [3.8, 4) is 0 Å². The third kappa shape index (κ3) is 3.24. The molecule has 0 radical (unpaired) electrons. The normalized spacial score (nSPS) is 18.8. The van der Waals surface area contributed by atoms with E-state index >= 15 is 0 Å². The molecule has 3 nitrogen and oxygen atoms in total. The van der Waals surface area contributed by atoms with E-state index in [1.54, 1.807) is 0 Å². The van der Waals surface area contributed by atoms with Crippen molar-refractivity contribution in [1.82, 2.24) is 15.2 Å². The molecule has 1 aromatic heterocycles. The average Bonchev–Trinajstić information content (AvgIpc) is 2.75. The van der Waals surface area contributed by atoms with Crippen LogP contribution in [-0.4, -0.2) is 27.5 Å². The molecule has 1 aromatic rings. The number of nitrogens with one attached hydrogen (secondary N) is 1. The summed E-state index contributed by atoms with van der Waals surface area (Å²) < 4.78 is 75.2. The zero-order valence-electron chi connectivity index (χ0n) is 10.4. The van der Waals surface area contributed by atoms with Crippen LogP contribution in [0.1, 0.15) is 55.6 Å². The Morgan fingerprint density at radius 3 is 2.00 bits per heavy atom. The van der Waals surface area contributed by atoms with Gasteiger partial charge in [0.05, 0.1) is 0 Å². The topological polar surface area (TPSA) is 41.6 Å². The van der Waals surface area contributed by atoms with Gasteiger partial charge < -0.3 is 0 Å². The Kier molecular flexibility index (Phi) is 3.97. The molecule has 9 heteroatoms. The second-order valence-corrected chi connectivity index (χ2v) is 4.93. The lowest BCUT2D eigenvalue weighted by Crippen LogP contribution is -2.35. The summed E-state index contributed by atoms with van der Waals surface area (Å²) in [6.45, 7) is 0. The van der Waals surface area contributed by atoms with Gasteiger partial charge in [-0.3, -0.25) is 5.10 Å². The number of rotatable bonds is 2. The van der Waals surface area contributed by atoms with Crippen molar-refractivity contribution < 1.29 is 26.3 Å². The number of hydrogen-bond donors (Lipinski definition) is 1. The summed E-state index contributed by atoms with van der Waals surface area (Å²) in [4.78, 5) is 3.46. The van der Waals surface area contributed by atoms with Crippen LogP contribution in [0.3, 0.4) is 0 Å². The highest BCUT2D eigenvalue weighted by molar-refractivity contribution is 5.07. The second-order valence-electron chi connectivity index (χ2n) is 4.93. The van der Waals surface area contributed by atoms with Crippen LogP contribution in [0.15, 0.2) is 0 Å². The molecule has 0 bridgehead atoms. The van der Waals surface area contributed by atoms with E-state index in [1.165, 1.54) is 0 Å². The third-order valence-corrected chi connectivity index (χ3v) is 3.42. The maximum Gasteiger partial charge on any atom is 0.407 e. The standard InChI is InChI=1S/C11H13F6N3/c12-10(13,14)7(11(15,16)17)9-18-8(19-20-9)6-4-2-1-3-5-6/h6-7H,1-5H2,(H,18,19,20). The van der Waals surface area contributed by atoms with Crippen LogP contribution in [0.4, 0.5) is 26.3 Å². The van der Waals surface area contributed by atoms with E-state index in [9.17, 15) is 26.3 Å². The number of nitrogens with zero attached hydrogens (tertiary/aromatic N) is 2. The molecular formula is C11H13F6N3. The SMILES string of the molecule is FC(F)(F)C(c1n[nH]c(C2CCCCC2)n1)C(F)(F)F. The van der Waals surface area contributed by atoms with Crippen molar-refractivity contribution in [3.05, 3.63) is 11.6 Å². The molecule has 0 atom stereocenters. The van der Waals surface area contributed by atoms with Crippen molar-refractivity contribution in [2.45, 2.75) is 56.3 Å². The molecule has 1 aliphatic rings. The third-order valence-electron chi connectivity index (χ3n) is 3.42. The minimum absolute atomic E-state index is 0.123. The molecule has 0 spiro atoms. The summed E-state index contributed by atoms with van der Waals surface area (Å²) in [7, 11) is 0. The Morgan fingerprint density at radius 1 is 0.950 bits per heavy atom. The van der Waals surface area contributed by atoms with E-state index in [-0.39, 0.29) is 11.7 Å². The highest BCUT2D eigenvalue weighted by atomic mass is 19.4. The molecule has 0 amide bonds. The molecule has 1 N–H and O–H groups in total. The summed E-state index contributed by atoms with van der Waals surface area (Å²) in [5.41, 5.74) is 0. The van der Waals surface area contributed by atoms with Crippen molar-refractivity contribution in [2.75, 3.05) is 0 Å². The van der Waals surface area contributed by atoms with Gasteiger partial charge in [-0.05, 0) is 12.8 Å². The van der Waals surface area contributed by atoms with Crippen LogP contribution in [-0.2, 0) is 0 Å². The molecule has 1 fully saturated rings. The molecule has 0 aromatic carbocycles. The Morgan fingerprint density at radius 2 is 1.50 bits per heavy atom. The number of alkyl halides is 6. The maximum absolute atomic E-state index is 12.5. The summed E-state index contributed by atoms with van der Waals surface area (Å²) in [5, 5.41) is 5.39. The first-order chi connectivity index (χ1) is 9.19. The van der Waals surface area contributed by atoms with Gasteiger partial charge in [0, 0.05) is 5.92 Å². The highest BCUT2D eigenvalue weighted by Crippen LogP contribution is 2.45. The fourth-order valence-electron chi connectivity index (χ4n) is 2.45. The van der Waals surface area contributed by atoms with Crippen molar-refractivity contribution >= 4 is 0 Å². The van der Waals surface area contributed by atoms with Gasteiger partial charge >= 0.3 is 12.4 Å². The Labute approximate surface area is 110 Å². The molecule has 0 unspecified atom stereocenters. The van der Waals surface area contributed by atoms with E-state index < -0.39 is 24.1 Å². The average molecular weight is 301 g/mol. The lowest BCUT2D eigenvalue weighted by atomic mass is 9.89. The quantitative estimate of drug-likeness (QED) is 0.837. The fourth-order valence-corrected chi connectivity index (χ4v) is 2.45. The summed E-state index contributed by atoms with van der Waals surface area (Å²) in [6, 6.07) is 0. The Balaban J connectivity index is 2.25. The smallest absolute Gasteiger partial charge is 0.263 e. The van der Waals surface area contributed by atoms with Gasteiger partial charge in [-0.1, -0.05) is 19.3 Å². The van der Waals surface area contributed by atoms with Crippen LogP contribution in [0.2, 0.25) is 0 Å². The second kappa shape index (κ2) is 5.25. The minimum atomic E-state index is -5.45. The van der Waals surface area contributed by atoms with E-state index in [4.69, 9.17) is 0 Å². The first-order valence-electron chi connectivity index (χ1n) is 6.25. The van der Waals surface area contributed by atoms with Gasteiger partial charge in [0.2, 0.25) is 5.92 Å². The molecule has 20 heavy (non-hydrogen) atoms. The van der Waals surface area contributed by atoms with Crippen LogP contribution in [0.25, 0.3) is 0 Å². The van der Waals surface area contributed by atoms with Gasteiger partial charge in [0.1, 0.15) is 5.82 Å². The van der Waals surface area contributed by atoms with Crippen molar-refractivity contribution in [3.63, 3.8) is 0 Å². The summed E-state index contributed by atoms with van der Waals surface area (Å²) in [6.07, 6.45) is -6.69. The highest BCUT2D eigenvalue weighted by Gasteiger charge is 2.59. The Bertz CT molecular complexity index is 430. The zero-order chi connectivity index (χ0) is 15.0. The monoisotopic (exact) mass is 301 g/mol. The number of aromatic nitrogens is 3. The lowest BCUT2D eigenvalue weighted by molar-refractivity contribution is -0.255. The zero-order valence-corrected chi connectivity index (χ0v) is 10.4.